The van der Waals surface area contributed by atoms with E-state index < -0.39 is 0 Å². The van der Waals surface area contributed by atoms with E-state index in [9.17, 15) is 4.79 Å². The van der Waals surface area contributed by atoms with Gasteiger partial charge in [-0.2, -0.15) is 5.10 Å². The van der Waals surface area contributed by atoms with Crippen LogP contribution in [0.25, 0.3) is 27.6 Å². The average molecular weight is 588 g/mol. The molecule has 0 atom stereocenters. The van der Waals surface area contributed by atoms with Gasteiger partial charge in [0.05, 0.1) is 30.3 Å². The number of aryl methyl sites for hydroxylation is 1. The molecular weight excluding hydrogens is 546 g/mol. The Labute approximate surface area is 259 Å². The van der Waals surface area contributed by atoms with Gasteiger partial charge in [0.2, 0.25) is 0 Å². The van der Waals surface area contributed by atoms with Gasteiger partial charge < -0.3 is 10.1 Å². The van der Waals surface area contributed by atoms with Gasteiger partial charge in [-0.3, -0.25) is 10.2 Å². The number of benzene rings is 4. The molecule has 44 heavy (non-hydrogen) atoms. The molecule has 0 spiro atoms. The van der Waals surface area contributed by atoms with Crippen LogP contribution >= 0.6 is 0 Å². The Morgan fingerprint density at radius 3 is 2.30 bits per heavy atom. The third kappa shape index (κ3) is 6.54. The van der Waals surface area contributed by atoms with Crippen molar-refractivity contribution in [2.45, 2.75) is 39.5 Å². The number of urea groups is 1. The molecule has 0 bridgehead atoms. The zero-order valence-corrected chi connectivity index (χ0v) is 26.1. The molecule has 1 fully saturated rings. The van der Waals surface area contributed by atoms with E-state index in [1.54, 1.807) is 4.68 Å². The van der Waals surface area contributed by atoms with Crippen molar-refractivity contribution in [2.75, 3.05) is 43.5 Å². The minimum Gasteiger partial charge on any atom is -0.379 e. The van der Waals surface area contributed by atoms with Crippen LogP contribution < -0.4 is 10.6 Å². The summed E-state index contributed by atoms with van der Waals surface area (Å²) >= 11 is 0. The van der Waals surface area contributed by atoms with Crippen molar-refractivity contribution in [1.82, 2.24) is 14.7 Å². The van der Waals surface area contributed by atoms with Gasteiger partial charge in [0.1, 0.15) is 5.82 Å². The second kappa shape index (κ2) is 12.6. The number of aromatic nitrogens is 2. The number of rotatable bonds is 7. The number of ether oxygens (including phenoxy) is 1. The number of fused-ring (bicyclic) bond motifs is 1. The van der Waals surface area contributed by atoms with E-state index in [1.165, 1.54) is 16.7 Å². The fourth-order valence-electron chi connectivity index (χ4n) is 5.74. The van der Waals surface area contributed by atoms with E-state index in [2.05, 4.69) is 91.8 Å². The molecule has 5 aromatic rings. The van der Waals surface area contributed by atoms with Crippen LogP contribution in [0.5, 0.6) is 0 Å². The maximum absolute atomic E-state index is 13.5. The maximum Gasteiger partial charge on any atom is 0.324 e. The molecule has 1 aliphatic heterocycles. The lowest BCUT2D eigenvalue weighted by Crippen LogP contribution is -2.37. The summed E-state index contributed by atoms with van der Waals surface area (Å²) in [6.45, 7) is 13.0. The number of amides is 2. The summed E-state index contributed by atoms with van der Waals surface area (Å²) in [4.78, 5) is 16.0. The normalized spacial score (nSPS) is 14.1. The Kier molecular flexibility index (Phi) is 8.51. The lowest BCUT2D eigenvalue weighted by atomic mass is 9.92. The van der Waals surface area contributed by atoms with E-state index in [4.69, 9.17) is 9.84 Å². The number of nitrogens with one attached hydrogen (secondary N) is 2. The van der Waals surface area contributed by atoms with Gasteiger partial charge in [-0.15, -0.1) is 0 Å². The lowest BCUT2D eigenvalue weighted by Gasteiger charge is -2.27. The van der Waals surface area contributed by atoms with Gasteiger partial charge in [-0.05, 0) is 53.6 Å². The zero-order chi connectivity index (χ0) is 30.7. The second-order valence-corrected chi connectivity index (χ2v) is 12.6. The third-order valence-electron chi connectivity index (χ3n) is 8.28. The van der Waals surface area contributed by atoms with Crippen LogP contribution in [-0.4, -0.2) is 53.6 Å². The highest BCUT2D eigenvalue weighted by Crippen LogP contribution is 2.35. The van der Waals surface area contributed by atoms with Crippen molar-refractivity contribution in [3.05, 3.63) is 108 Å². The standard InChI is InChI=1S/C37H41N5O2/c1-26-13-15-28(16-14-26)42-35(25-34(40-42)37(2,3)4)39-36(43)38-33-18-17-31(30-11-7-8-12-32(30)33)29-10-6-5-9-27(29)19-20-41-21-23-44-24-22-41/h5-18,25H,19-24H2,1-4H3,(H2,38,39,43). The number of carbonyl (C=O) groups excluding carboxylic acids is 1. The monoisotopic (exact) mass is 587 g/mol. The maximum atomic E-state index is 13.5. The number of morpholine rings is 1. The minimum atomic E-state index is -0.317. The quantitative estimate of drug-likeness (QED) is 0.204. The molecule has 226 valence electrons. The molecule has 6 rings (SSSR count). The number of carbonyl (C=O) groups is 1. The number of nitrogens with zero attached hydrogens (tertiary/aromatic N) is 3. The Bertz CT molecular complexity index is 1760. The number of hydrogen-bond acceptors (Lipinski definition) is 4. The Morgan fingerprint density at radius 1 is 0.841 bits per heavy atom. The molecule has 0 unspecified atom stereocenters. The summed E-state index contributed by atoms with van der Waals surface area (Å²) < 4.78 is 7.33. The molecule has 2 amide bonds. The fourth-order valence-corrected chi connectivity index (χ4v) is 5.74. The first-order valence-electron chi connectivity index (χ1n) is 15.4. The van der Waals surface area contributed by atoms with E-state index in [0.717, 1.165) is 72.7 Å². The summed E-state index contributed by atoms with van der Waals surface area (Å²) in [6, 6.07) is 30.8. The summed E-state index contributed by atoms with van der Waals surface area (Å²) in [5.41, 5.74) is 7.25. The van der Waals surface area contributed by atoms with E-state index in [1.807, 2.05) is 42.5 Å². The van der Waals surface area contributed by atoms with Crippen molar-refractivity contribution >= 4 is 28.3 Å². The first kappa shape index (κ1) is 29.6. The molecule has 4 aromatic carbocycles. The molecule has 0 aliphatic carbocycles. The molecule has 2 N–H and O–H groups in total. The predicted octanol–water partition coefficient (Wildman–Crippen LogP) is 7.82. The number of hydrogen-bond donors (Lipinski definition) is 2. The van der Waals surface area contributed by atoms with Crippen molar-refractivity contribution in [3.8, 4) is 16.8 Å². The Morgan fingerprint density at radius 2 is 1.55 bits per heavy atom. The van der Waals surface area contributed by atoms with Crippen LogP contribution in [0.4, 0.5) is 16.3 Å². The SMILES string of the molecule is Cc1ccc(-n2nc(C(C)(C)C)cc2NC(=O)Nc2ccc(-c3ccccc3CCN3CCOCC3)c3ccccc23)cc1. The highest BCUT2D eigenvalue weighted by molar-refractivity contribution is 6.09. The number of anilines is 2. The molecular formula is C37H41N5O2. The highest BCUT2D eigenvalue weighted by Gasteiger charge is 2.22. The van der Waals surface area contributed by atoms with Crippen LogP contribution in [0.15, 0.2) is 91.0 Å². The molecule has 1 aromatic heterocycles. The molecule has 0 saturated carbocycles. The second-order valence-electron chi connectivity index (χ2n) is 12.6. The average Bonchev–Trinajstić information content (AvgIpc) is 3.45. The zero-order valence-electron chi connectivity index (χ0n) is 26.1. The van der Waals surface area contributed by atoms with Crippen LogP contribution in [0.1, 0.15) is 37.6 Å². The van der Waals surface area contributed by atoms with Crippen LogP contribution in [0, 0.1) is 6.92 Å². The summed E-state index contributed by atoms with van der Waals surface area (Å²) in [7, 11) is 0. The third-order valence-corrected chi connectivity index (χ3v) is 8.28. The first-order chi connectivity index (χ1) is 21.3. The molecule has 1 aliphatic rings. The smallest absolute Gasteiger partial charge is 0.324 e. The Hall–Kier alpha value is -4.46. The topological polar surface area (TPSA) is 71.4 Å². The van der Waals surface area contributed by atoms with E-state index in [0.29, 0.717) is 5.82 Å². The molecule has 0 radical (unpaired) electrons. The van der Waals surface area contributed by atoms with Gasteiger partial charge >= 0.3 is 6.03 Å². The van der Waals surface area contributed by atoms with Gasteiger partial charge in [-0.25, -0.2) is 9.48 Å². The summed E-state index contributed by atoms with van der Waals surface area (Å²) in [5.74, 6) is 0.617. The van der Waals surface area contributed by atoms with Gasteiger partial charge in [0, 0.05) is 36.5 Å². The van der Waals surface area contributed by atoms with Gasteiger partial charge in [0.25, 0.3) is 0 Å². The van der Waals surface area contributed by atoms with Crippen LogP contribution in [-0.2, 0) is 16.6 Å². The lowest BCUT2D eigenvalue weighted by molar-refractivity contribution is 0.0384. The molecule has 2 heterocycles. The molecule has 7 nitrogen and oxygen atoms in total. The molecule has 7 heteroatoms. The highest BCUT2D eigenvalue weighted by atomic mass is 16.5. The van der Waals surface area contributed by atoms with Gasteiger partial charge in [0.15, 0.2) is 0 Å². The predicted molar refractivity (Wildman–Crippen MR) is 180 cm³/mol. The summed E-state index contributed by atoms with van der Waals surface area (Å²) in [5, 5.41) is 13.1. The first-order valence-corrected chi connectivity index (χ1v) is 15.4. The van der Waals surface area contributed by atoms with Crippen LogP contribution in [0.2, 0.25) is 0 Å². The van der Waals surface area contributed by atoms with Gasteiger partial charge in [-0.1, -0.05) is 93.1 Å². The van der Waals surface area contributed by atoms with Crippen molar-refractivity contribution < 1.29 is 9.53 Å². The van der Waals surface area contributed by atoms with Crippen molar-refractivity contribution in [2.24, 2.45) is 0 Å². The minimum absolute atomic E-state index is 0.173. The molecule has 1 saturated heterocycles. The van der Waals surface area contributed by atoms with Crippen LogP contribution in [0.3, 0.4) is 0 Å². The largest absolute Gasteiger partial charge is 0.379 e. The fraction of sp³-hybridized carbons (Fsp3) is 0.297. The van der Waals surface area contributed by atoms with E-state index in [-0.39, 0.29) is 11.4 Å². The van der Waals surface area contributed by atoms with E-state index >= 15 is 0 Å². The van der Waals surface area contributed by atoms with Crippen molar-refractivity contribution in [3.63, 3.8) is 0 Å². The Balaban J connectivity index is 1.27. The summed E-state index contributed by atoms with van der Waals surface area (Å²) in [6.07, 6.45) is 0.970. The van der Waals surface area contributed by atoms with Crippen molar-refractivity contribution in [1.29, 1.82) is 0 Å².